The highest BCUT2D eigenvalue weighted by atomic mass is 17.0. The van der Waals surface area contributed by atoms with Crippen LogP contribution in [0.25, 0.3) is 0 Å². The minimum atomic E-state index is -0.774. The fraction of sp³-hybridized carbons (Fsp3) is 1.00. The highest BCUT2D eigenvalue weighted by molar-refractivity contribution is 3.72. The molecule has 0 saturated heterocycles. The molecule has 0 heterocycles. The van der Waals surface area contributed by atoms with E-state index in [0.717, 1.165) is 0 Å². The Morgan fingerprint density at radius 3 is 1.88 bits per heavy atom. The molecule has 0 aliphatic heterocycles. The van der Waals surface area contributed by atoms with Crippen molar-refractivity contribution in [3.8, 4) is 0 Å². The molecule has 2 N–H and O–H groups in total. The van der Waals surface area contributed by atoms with E-state index in [9.17, 15) is 4.91 Å². The molecule has 6 heteroatoms. The molecular formula is C2H6NO5+. The first-order valence-electron chi connectivity index (χ1n) is 1.76. The van der Waals surface area contributed by atoms with Crippen LogP contribution in [0.15, 0.2) is 0 Å². The molecule has 0 aliphatic carbocycles. The Bertz CT molecular complexity index is 64.8. The van der Waals surface area contributed by atoms with Crippen LogP contribution in [-0.4, -0.2) is 28.9 Å². The van der Waals surface area contributed by atoms with Crippen molar-refractivity contribution in [2.75, 3.05) is 13.6 Å². The summed E-state index contributed by atoms with van der Waals surface area (Å²) in [5.41, 5.74) is 0. The monoisotopic (exact) mass is 124 g/mol. The van der Waals surface area contributed by atoms with Gasteiger partial charge in [0.2, 0.25) is 0 Å². The highest BCUT2D eigenvalue weighted by Crippen LogP contribution is 1.74. The van der Waals surface area contributed by atoms with Gasteiger partial charge in [-0.05, 0) is 0 Å². The van der Waals surface area contributed by atoms with E-state index < -0.39 is 13.6 Å². The second-order valence-corrected chi connectivity index (χ2v) is 0.740. The van der Waals surface area contributed by atoms with Crippen molar-refractivity contribution in [3.05, 3.63) is 4.91 Å². The number of aliphatic hydroxyl groups excluding tert-OH is 2. The van der Waals surface area contributed by atoms with E-state index >= 15 is 0 Å². The van der Waals surface area contributed by atoms with Crippen molar-refractivity contribution in [3.63, 3.8) is 0 Å². The van der Waals surface area contributed by atoms with E-state index in [1.54, 1.807) is 0 Å². The maximum absolute atomic E-state index is 9.80. The summed E-state index contributed by atoms with van der Waals surface area (Å²) in [5.74, 6) is 0. The van der Waals surface area contributed by atoms with Gasteiger partial charge in [-0.25, -0.2) is 0 Å². The van der Waals surface area contributed by atoms with Crippen molar-refractivity contribution >= 4 is 0 Å². The quantitative estimate of drug-likeness (QED) is 0.353. The van der Waals surface area contributed by atoms with Crippen LogP contribution in [0.1, 0.15) is 0 Å². The molecule has 0 aromatic heterocycles. The van der Waals surface area contributed by atoms with E-state index in [1.807, 2.05) is 0 Å². The molecule has 0 aromatic rings. The summed E-state index contributed by atoms with van der Waals surface area (Å²) in [4.78, 5) is 17.3. The van der Waals surface area contributed by atoms with E-state index in [4.69, 9.17) is 10.2 Å². The summed E-state index contributed by atoms with van der Waals surface area (Å²) >= 11 is 0. The third kappa shape index (κ3) is 3.32. The van der Waals surface area contributed by atoms with Crippen LogP contribution < -0.4 is 0 Å². The molecule has 0 bridgehead atoms. The van der Waals surface area contributed by atoms with Crippen LogP contribution in [0.5, 0.6) is 0 Å². The summed E-state index contributed by atoms with van der Waals surface area (Å²) in [6.45, 7) is -1.55. The highest BCUT2D eigenvalue weighted by Gasteiger charge is 2.07. The standard InChI is InChI=1S/C2H6NO5/c4-1-7-3(6)8-2-5/h4-5H,1-2H2/q+1. The van der Waals surface area contributed by atoms with Crippen molar-refractivity contribution < 1.29 is 25.0 Å². The second-order valence-electron chi connectivity index (χ2n) is 0.740. The first-order valence-corrected chi connectivity index (χ1v) is 1.76. The van der Waals surface area contributed by atoms with Crippen LogP contribution in [0.3, 0.4) is 0 Å². The van der Waals surface area contributed by atoms with E-state index in [-0.39, 0.29) is 5.09 Å². The zero-order valence-electron chi connectivity index (χ0n) is 3.98. The molecular weight excluding hydrogens is 118 g/mol. The summed E-state index contributed by atoms with van der Waals surface area (Å²) in [6, 6.07) is 0. The van der Waals surface area contributed by atoms with Gasteiger partial charge in [0.1, 0.15) is 4.91 Å². The molecule has 0 fully saturated rings. The summed E-state index contributed by atoms with van der Waals surface area (Å²) < 4.78 is 0. The van der Waals surface area contributed by atoms with Crippen molar-refractivity contribution in [1.82, 2.24) is 0 Å². The van der Waals surface area contributed by atoms with Gasteiger partial charge in [0.15, 0.2) is 0 Å². The number of aliphatic hydroxyl groups is 2. The van der Waals surface area contributed by atoms with Gasteiger partial charge in [0.25, 0.3) is 13.6 Å². The lowest BCUT2D eigenvalue weighted by Gasteiger charge is -1.83. The largest absolute Gasteiger partial charge is 0.482 e. The first-order chi connectivity index (χ1) is 3.81. The Morgan fingerprint density at radius 2 is 1.62 bits per heavy atom. The summed E-state index contributed by atoms with van der Waals surface area (Å²) in [7, 11) is 0. The Hall–Kier alpha value is -0.880. The number of rotatable bonds is 4. The van der Waals surface area contributed by atoms with Gasteiger partial charge >= 0.3 is 5.09 Å². The van der Waals surface area contributed by atoms with Gasteiger partial charge in [-0.1, -0.05) is 0 Å². The van der Waals surface area contributed by atoms with Crippen molar-refractivity contribution in [1.29, 1.82) is 0 Å². The van der Waals surface area contributed by atoms with Gasteiger partial charge in [-0.3, -0.25) is 0 Å². The Kier molecular flexibility index (Phi) is 3.81. The van der Waals surface area contributed by atoms with Gasteiger partial charge in [0, 0.05) is 0 Å². The zero-order chi connectivity index (χ0) is 6.41. The fourth-order valence-electron chi connectivity index (χ4n) is 0.132. The molecule has 0 atom stereocenters. The van der Waals surface area contributed by atoms with E-state index in [2.05, 4.69) is 9.68 Å². The average Bonchev–Trinajstić information content (AvgIpc) is 1.68. The number of hydrogen-bond donors (Lipinski definition) is 2. The molecule has 0 spiro atoms. The van der Waals surface area contributed by atoms with Crippen LogP contribution in [0, 0.1) is 4.91 Å². The molecule has 0 aromatic carbocycles. The maximum Gasteiger partial charge on any atom is 0.482 e. The molecule has 0 saturated carbocycles. The van der Waals surface area contributed by atoms with Crippen molar-refractivity contribution in [2.24, 2.45) is 0 Å². The summed E-state index contributed by atoms with van der Waals surface area (Å²) in [6.07, 6.45) is 0. The molecule has 6 nitrogen and oxygen atoms in total. The second kappa shape index (κ2) is 4.28. The third-order valence-corrected chi connectivity index (χ3v) is 0.326. The molecule has 48 valence electrons. The molecule has 0 amide bonds. The smallest absolute Gasteiger partial charge is 0.356 e. The maximum atomic E-state index is 9.80. The molecule has 0 aliphatic rings. The SMILES string of the molecule is O=[N+](OCO)OCO. The lowest BCUT2D eigenvalue weighted by atomic mass is 11.5. The lowest BCUT2D eigenvalue weighted by Crippen LogP contribution is -2.11. The topological polar surface area (TPSA) is 79.0 Å². The molecule has 8 heavy (non-hydrogen) atoms. The van der Waals surface area contributed by atoms with Gasteiger partial charge in [-0.2, -0.15) is 9.68 Å². The molecule has 0 radical (unpaired) electrons. The minimum Gasteiger partial charge on any atom is -0.356 e. The van der Waals surface area contributed by atoms with Crippen LogP contribution in [0.2, 0.25) is 0 Å². The lowest BCUT2D eigenvalue weighted by molar-refractivity contribution is -0.989. The van der Waals surface area contributed by atoms with E-state index in [1.165, 1.54) is 0 Å². The molecule has 0 rings (SSSR count). The van der Waals surface area contributed by atoms with Crippen LogP contribution >= 0.6 is 0 Å². The zero-order valence-corrected chi connectivity index (χ0v) is 3.98. The van der Waals surface area contributed by atoms with Crippen LogP contribution in [0.4, 0.5) is 0 Å². The van der Waals surface area contributed by atoms with E-state index in [0.29, 0.717) is 0 Å². The normalized spacial score (nSPS) is 8.25. The Balaban J connectivity index is 3.06. The fourth-order valence-corrected chi connectivity index (χ4v) is 0.132. The van der Waals surface area contributed by atoms with Crippen LogP contribution in [-0.2, 0) is 9.68 Å². The summed E-state index contributed by atoms with van der Waals surface area (Å²) in [5, 5.41) is 15.3. The van der Waals surface area contributed by atoms with Gasteiger partial charge in [-0.15, -0.1) is 0 Å². The Labute approximate surface area is 44.7 Å². The number of hydrogen-bond acceptors (Lipinski definition) is 5. The number of nitrogens with zero attached hydrogens (tertiary/aromatic N) is 1. The van der Waals surface area contributed by atoms with Gasteiger partial charge < -0.3 is 10.2 Å². The van der Waals surface area contributed by atoms with Crippen molar-refractivity contribution in [2.45, 2.75) is 0 Å². The predicted octanol–water partition coefficient (Wildman–Crippen LogP) is -1.47. The Morgan fingerprint density at radius 1 is 1.25 bits per heavy atom. The molecule has 0 unspecified atom stereocenters. The third-order valence-electron chi connectivity index (χ3n) is 0.326. The van der Waals surface area contributed by atoms with Gasteiger partial charge in [0.05, 0.1) is 0 Å². The average molecular weight is 124 g/mol. The first kappa shape index (κ1) is 7.12. The predicted molar refractivity (Wildman–Crippen MR) is 20.0 cm³/mol. The minimum absolute atomic E-state index is 0.389.